The molecular formula is C17H25FO2. The lowest BCUT2D eigenvalue weighted by atomic mass is 9.86. The molecule has 112 valence electrons. The third kappa shape index (κ3) is 3.51. The Hall–Kier alpha value is -1.09. The zero-order chi connectivity index (χ0) is 14.6. The molecular weight excluding hydrogens is 255 g/mol. The molecule has 1 aromatic carbocycles. The second-order valence-corrected chi connectivity index (χ2v) is 6.04. The maximum absolute atomic E-state index is 14.2. The summed E-state index contributed by atoms with van der Waals surface area (Å²) in [6, 6.07) is 5.15. The number of hydrogen-bond donors (Lipinski definition) is 1. The highest BCUT2D eigenvalue weighted by Crippen LogP contribution is 2.35. The molecule has 1 N–H and O–H groups in total. The van der Waals surface area contributed by atoms with Crippen LogP contribution in [0.1, 0.15) is 51.0 Å². The second kappa shape index (κ2) is 6.57. The van der Waals surface area contributed by atoms with E-state index in [9.17, 15) is 9.50 Å². The Labute approximate surface area is 121 Å². The lowest BCUT2D eigenvalue weighted by Crippen LogP contribution is -2.31. The van der Waals surface area contributed by atoms with Crippen molar-refractivity contribution in [3.05, 3.63) is 29.6 Å². The largest absolute Gasteiger partial charge is 0.494 e. The molecule has 2 unspecified atom stereocenters. The quantitative estimate of drug-likeness (QED) is 0.841. The summed E-state index contributed by atoms with van der Waals surface area (Å²) in [6.45, 7) is 2.21. The molecule has 0 aromatic heterocycles. The summed E-state index contributed by atoms with van der Waals surface area (Å²) < 4.78 is 19.2. The van der Waals surface area contributed by atoms with Gasteiger partial charge in [0.25, 0.3) is 0 Å². The van der Waals surface area contributed by atoms with Gasteiger partial charge in [-0.1, -0.05) is 38.3 Å². The van der Waals surface area contributed by atoms with Gasteiger partial charge in [0, 0.05) is 6.42 Å². The summed E-state index contributed by atoms with van der Waals surface area (Å²) >= 11 is 0. The number of benzene rings is 1. The van der Waals surface area contributed by atoms with Crippen LogP contribution in [-0.4, -0.2) is 17.8 Å². The molecule has 20 heavy (non-hydrogen) atoms. The van der Waals surface area contributed by atoms with Gasteiger partial charge < -0.3 is 9.84 Å². The van der Waals surface area contributed by atoms with E-state index in [0.29, 0.717) is 17.9 Å². The van der Waals surface area contributed by atoms with E-state index in [2.05, 4.69) is 6.92 Å². The third-order valence-electron chi connectivity index (χ3n) is 4.63. The second-order valence-electron chi connectivity index (χ2n) is 6.04. The highest BCUT2D eigenvalue weighted by Gasteiger charge is 2.31. The van der Waals surface area contributed by atoms with Gasteiger partial charge in [0.2, 0.25) is 0 Å². The van der Waals surface area contributed by atoms with Gasteiger partial charge in [-0.25, -0.2) is 4.39 Å². The van der Waals surface area contributed by atoms with Crippen molar-refractivity contribution in [2.24, 2.45) is 5.92 Å². The lowest BCUT2D eigenvalue weighted by Gasteiger charge is -2.27. The van der Waals surface area contributed by atoms with E-state index >= 15 is 0 Å². The van der Waals surface area contributed by atoms with Crippen molar-refractivity contribution < 1.29 is 14.2 Å². The standard InChI is InChI=1S/C17H25FO2/c1-3-13-6-5-10-17(19,11-9-13)12-14-7-4-8-15(20-2)16(14)18/h4,7-8,13,19H,3,5-6,9-12H2,1-2H3. The molecule has 1 fully saturated rings. The fraction of sp³-hybridized carbons (Fsp3) is 0.647. The minimum Gasteiger partial charge on any atom is -0.494 e. The molecule has 2 rings (SSSR count). The molecule has 1 aliphatic rings. The first kappa shape index (κ1) is 15.3. The summed E-state index contributed by atoms with van der Waals surface area (Å²) in [5.74, 6) is 0.630. The summed E-state index contributed by atoms with van der Waals surface area (Å²) in [5, 5.41) is 10.8. The summed E-state index contributed by atoms with van der Waals surface area (Å²) in [5.41, 5.74) is -0.210. The average Bonchev–Trinajstić information content (AvgIpc) is 2.63. The Bertz CT molecular complexity index is 447. The first-order valence-corrected chi connectivity index (χ1v) is 7.62. The van der Waals surface area contributed by atoms with Crippen molar-refractivity contribution in [2.45, 2.75) is 57.5 Å². The first-order chi connectivity index (χ1) is 9.58. The molecule has 1 saturated carbocycles. The molecule has 1 aromatic rings. The lowest BCUT2D eigenvalue weighted by molar-refractivity contribution is 0.0233. The maximum Gasteiger partial charge on any atom is 0.168 e. The Morgan fingerprint density at radius 1 is 1.35 bits per heavy atom. The Morgan fingerprint density at radius 2 is 2.15 bits per heavy atom. The van der Waals surface area contributed by atoms with E-state index in [0.717, 1.165) is 25.7 Å². The van der Waals surface area contributed by atoms with Crippen LogP contribution in [0.5, 0.6) is 5.75 Å². The molecule has 2 atom stereocenters. The van der Waals surface area contributed by atoms with E-state index in [-0.39, 0.29) is 11.6 Å². The molecule has 0 heterocycles. The highest BCUT2D eigenvalue weighted by atomic mass is 19.1. The van der Waals surface area contributed by atoms with Crippen LogP contribution in [0.2, 0.25) is 0 Å². The maximum atomic E-state index is 14.2. The molecule has 0 amide bonds. The molecule has 0 spiro atoms. The minimum absolute atomic E-state index is 0.256. The number of aliphatic hydroxyl groups is 1. The highest BCUT2D eigenvalue weighted by molar-refractivity contribution is 5.32. The van der Waals surface area contributed by atoms with Gasteiger partial charge in [0.15, 0.2) is 11.6 Å². The predicted octanol–water partition coefficient (Wildman–Crippen LogP) is 4.10. The molecule has 1 aliphatic carbocycles. The number of methoxy groups -OCH3 is 1. The Kier molecular flexibility index (Phi) is 5.03. The third-order valence-corrected chi connectivity index (χ3v) is 4.63. The van der Waals surface area contributed by atoms with Crippen molar-refractivity contribution >= 4 is 0 Å². The van der Waals surface area contributed by atoms with Crippen LogP contribution in [0.3, 0.4) is 0 Å². The summed E-state index contributed by atoms with van der Waals surface area (Å²) in [4.78, 5) is 0. The Morgan fingerprint density at radius 3 is 2.85 bits per heavy atom. The van der Waals surface area contributed by atoms with Crippen LogP contribution in [0.15, 0.2) is 18.2 Å². The smallest absolute Gasteiger partial charge is 0.168 e. The van der Waals surface area contributed by atoms with E-state index in [1.807, 2.05) is 0 Å². The van der Waals surface area contributed by atoms with E-state index < -0.39 is 5.60 Å². The van der Waals surface area contributed by atoms with Crippen molar-refractivity contribution in [3.8, 4) is 5.75 Å². The molecule has 0 radical (unpaired) electrons. The van der Waals surface area contributed by atoms with Crippen molar-refractivity contribution in [2.75, 3.05) is 7.11 Å². The zero-order valence-corrected chi connectivity index (χ0v) is 12.5. The van der Waals surface area contributed by atoms with Crippen LogP contribution in [0, 0.1) is 11.7 Å². The van der Waals surface area contributed by atoms with Gasteiger partial charge in [-0.15, -0.1) is 0 Å². The number of ether oxygens (including phenoxy) is 1. The Balaban J connectivity index is 2.12. The molecule has 0 aliphatic heterocycles. The van der Waals surface area contributed by atoms with Crippen LogP contribution in [0.25, 0.3) is 0 Å². The molecule has 0 bridgehead atoms. The fourth-order valence-electron chi connectivity index (χ4n) is 3.25. The van der Waals surface area contributed by atoms with Crippen LogP contribution in [-0.2, 0) is 6.42 Å². The van der Waals surface area contributed by atoms with Crippen LogP contribution >= 0.6 is 0 Å². The SMILES string of the molecule is CCC1CCCC(O)(Cc2cccc(OC)c2F)CC1. The van der Waals surface area contributed by atoms with E-state index in [1.54, 1.807) is 18.2 Å². The van der Waals surface area contributed by atoms with Crippen LogP contribution in [0.4, 0.5) is 4.39 Å². The number of rotatable bonds is 4. The summed E-state index contributed by atoms with van der Waals surface area (Å²) in [6.07, 6.45) is 6.33. The summed E-state index contributed by atoms with van der Waals surface area (Å²) in [7, 11) is 1.47. The van der Waals surface area contributed by atoms with Gasteiger partial charge in [-0.2, -0.15) is 0 Å². The van der Waals surface area contributed by atoms with Gasteiger partial charge in [0.1, 0.15) is 0 Å². The number of hydrogen-bond acceptors (Lipinski definition) is 2. The first-order valence-electron chi connectivity index (χ1n) is 7.62. The van der Waals surface area contributed by atoms with Crippen molar-refractivity contribution in [3.63, 3.8) is 0 Å². The fourth-order valence-corrected chi connectivity index (χ4v) is 3.25. The van der Waals surface area contributed by atoms with Gasteiger partial charge >= 0.3 is 0 Å². The minimum atomic E-state index is -0.767. The molecule has 3 heteroatoms. The number of halogens is 1. The predicted molar refractivity (Wildman–Crippen MR) is 78.5 cm³/mol. The molecule has 2 nitrogen and oxygen atoms in total. The molecule has 0 saturated heterocycles. The van der Waals surface area contributed by atoms with Crippen LogP contribution < -0.4 is 4.74 Å². The van der Waals surface area contributed by atoms with E-state index in [1.165, 1.54) is 20.0 Å². The topological polar surface area (TPSA) is 29.5 Å². The average molecular weight is 280 g/mol. The normalized spacial score (nSPS) is 27.1. The zero-order valence-electron chi connectivity index (χ0n) is 12.5. The van der Waals surface area contributed by atoms with Crippen molar-refractivity contribution in [1.29, 1.82) is 0 Å². The van der Waals surface area contributed by atoms with E-state index in [4.69, 9.17) is 4.74 Å². The van der Waals surface area contributed by atoms with Gasteiger partial charge in [0.05, 0.1) is 12.7 Å². The monoisotopic (exact) mass is 280 g/mol. The van der Waals surface area contributed by atoms with Gasteiger partial charge in [-0.05, 0) is 36.8 Å². The van der Waals surface area contributed by atoms with Crippen molar-refractivity contribution in [1.82, 2.24) is 0 Å². The van der Waals surface area contributed by atoms with Gasteiger partial charge in [-0.3, -0.25) is 0 Å².